The minimum absolute atomic E-state index is 0.00369. The van der Waals surface area contributed by atoms with Gasteiger partial charge in [-0.1, -0.05) is 38.5 Å². The molecule has 0 bridgehead atoms. The molecule has 11 heteroatoms. The molecule has 0 unspecified atom stereocenters. The Labute approximate surface area is 319 Å². The Morgan fingerprint density at radius 3 is 1.66 bits per heavy atom. The number of amides is 4. The summed E-state index contributed by atoms with van der Waals surface area (Å²) in [5, 5.41) is 19.5. The molecule has 3 aromatic heterocycles. The Bertz CT molecular complexity index is 2520. The van der Waals surface area contributed by atoms with E-state index in [1.165, 1.54) is 68.4 Å². The lowest BCUT2D eigenvalue weighted by molar-refractivity contribution is -0.140. The molecule has 0 saturated heterocycles. The topological polar surface area (TPSA) is 122 Å². The molecule has 0 atom stereocenters. The van der Waals surface area contributed by atoms with E-state index < -0.39 is 17.7 Å². The van der Waals surface area contributed by atoms with Crippen LogP contribution < -0.4 is 0 Å². The Kier molecular flexibility index (Phi) is 7.67. The number of nitriles is 2. The van der Waals surface area contributed by atoms with Gasteiger partial charge in [-0.3, -0.25) is 29.0 Å². The number of rotatable bonds is 2. The smallest absolute Gasteiger partial charge is 0.271 e. The van der Waals surface area contributed by atoms with E-state index >= 15 is 0 Å². The molecule has 4 amide bonds. The number of carbonyl (C=O) groups excluding carboxylic acids is 4. The normalized spacial score (nSPS) is 23.7. The molecule has 8 nitrogen and oxygen atoms in total. The quantitative estimate of drug-likeness (QED) is 0.190. The largest absolute Gasteiger partial charge is 0.277 e. The van der Waals surface area contributed by atoms with Gasteiger partial charge in [0.1, 0.15) is 23.3 Å². The highest BCUT2D eigenvalue weighted by Gasteiger charge is 2.59. The number of carbonyl (C=O) groups is 4. The van der Waals surface area contributed by atoms with Crippen molar-refractivity contribution in [3.05, 3.63) is 76.2 Å². The highest BCUT2D eigenvalue weighted by atomic mass is 32.1. The van der Waals surface area contributed by atoms with Gasteiger partial charge < -0.3 is 0 Å². The second kappa shape index (κ2) is 11.9. The van der Waals surface area contributed by atoms with E-state index in [0.717, 1.165) is 70.9 Å². The number of hydrogen-bond acceptors (Lipinski definition) is 9. The molecule has 0 radical (unpaired) electrons. The van der Waals surface area contributed by atoms with Crippen molar-refractivity contribution in [2.24, 2.45) is 0 Å². The maximum Gasteiger partial charge on any atom is 0.271 e. The summed E-state index contributed by atoms with van der Waals surface area (Å²) in [7, 11) is 2.87. The summed E-state index contributed by atoms with van der Waals surface area (Å²) in [4.78, 5) is 58.8. The van der Waals surface area contributed by atoms with Crippen molar-refractivity contribution in [3.8, 4) is 12.1 Å². The minimum atomic E-state index is -0.563. The molecule has 266 valence electrons. The predicted molar refractivity (Wildman–Crippen MR) is 208 cm³/mol. The van der Waals surface area contributed by atoms with Crippen molar-refractivity contribution < 1.29 is 19.2 Å². The predicted octanol–water partition coefficient (Wildman–Crippen LogP) is 8.81. The van der Waals surface area contributed by atoms with Crippen molar-refractivity contribution in [2.45, 2.75) is 88.9 Å². The molecule has 5 heterocycles. The SMILES string of the molecule is CC1=C(C#N)C(=O)N(C)C(=O)/C1=C/c1cc2c(s1)C1=C(c3sc4cc(/C=C5/C(=O)N(C)C(=O)C(C#N)=C5C)sc4c3C13CCCCC3)C21CCCCC1. The van der Waals surface area contributed by atoms with E-state index in [-0.39, 0.29) is 27.9 Å². The number of imide groups is 2. The molecule has 2 saturated carbocycles. The van der Waals surface area contributed by atoms with Crippen molar-refractivity contribution >= 4 is 90.3 Å². The third-order valence-electron chi connectivity index (χ3n) is 12.7. The number of allylic oxidation sites excluding steroid dienone is 2. The maximum absolute atomic E-state index is 13.4. The van der Waals surface area contributed by atoms with Crippen LogP contribution >= 0.6 is 34.0 Å². The maximum atomic E-state index is 13.4. The Balaban J connectivity index is 1.22. The third-order valence-corrected chi connectivity index (χ3v) is 16.1. The average molecular weight is 757 g/mol. The fraction of sp³-hybridized carbons (Fsp3) is 0.381. The zero-order chi connectivity index (χ0) is 37.1. The van der Waals surface area contributed by atoms with Crippen LogP contribution in [0.5, 0.6) is 0 Å². The van der Waals surface area contributed by atoms with Gasteiger partial charge >= 0.3 is 0 Å². The van der Waals surface area contributed by atoms with Crippen LogP contribution in [0.2, 0.25) is 0 Å². The fourth-order valence-corrected chi connectivity index (χ4v) is 14.3. The molecular formula is C42H36N4O4S3. The second-order valence-electron chi connectivity index (χ2n) is 15.3. The highest BCUT2D eigenvalue weighted by Crippen LogP contribution is 2.72. The summed E-state index contributed by atoms with van der Waals surface area (Å²) in [5.74, 6) is -1.89. The molecule has 0 N–H and O–H groups in total. The lowest BCUT2D eigenvalue weighted by Crippen LogP contribution is -2.39. The van der Waals surface area contributed by atoms with Crippen molar-refractivity contribution in [2.75, 3.05) is 14.1 Å². The zero-order valence-electron chi connectivity index (χ0n) is 30.0. The van der Waals surface area contributed by atoms with Gasteiger partial charge in [0.2, 0.25) is 0 Å². The molecule has 2 spiro atoms. The first-order valence-corrected chi connectivity index (χ1v) is 20.7. The molecule has 4 aliphatic carbocycles. The molecule has 53 heavy (non-hydrogen) atoms. The Hall–Kier alpha value is -4.68. The number of fused-ring (bicyclic) bond motifs is 10. The summed E-state index contributed by atoms with van der Waals surface area (Å²) >= 11 is 5.35. The molecule has 3 aromatic rings. The Morgan fingerprint density at radius 1 is 0.642 bits per heavy atom. The van der Waals surface area contributed by atoms with Crippen LogP contribution in [0.1, 0.15) is 109 Å². The lowest BCUT2D eigenvalue weighted by Gasteiger charge is -2.37. The van der Waals surface area contributed by atoms with E-state index in [9.17, 15) is 29.7 Å². The van der Waals surface area contributed by atoms with Crippen LogP contribution in [0, 0.1) is 22.7 Å². The lowest BCUT2D eigenvalue weighted by atomic mass is 9.67. The number of hydrogen-bond donors (Lipinski definition) is 0. The van der Waals surface area contributed by atoms with Gasteiger partial charge in [-0.05, 0) is 97.2 Å². The van der Waals surface area contributed by atoms with E-state index in [1.54, 1.807) is 36.5 Å². The number of thiophene rings is 3. The van der Waals surface area contributed by atoms with Crippen molar-refractivity contribution in [3.63, 3.8) is 0 Å². The summed E-state index contributed by atoms with van der Waals surface area (Å²) < 4.78 is 2.49. The average Bonchev–Trinajstić information content (AvgIpc) is 3.94. The number of nitrogens with zero attached hydrogens (tertiary/aromatic N) is 4. The van der Waals surface area contributed by atoms with Crippen LogP contribution in [0.25, 0.3) is 32.7 Å². The molecule has 2 aliphatic heterocycles. The molecular weight excluding hydrogens is 721 g/mol. The molecule has 9 rings (SSSR count). The second-order valence-corrected chi connectivity index (χ2v) is 18.5. The van der Waals surface area contributed by atoms with E-state index in [0.29, 0.717) is 22.3 Å². The van der Waals surface area contributed by atoms with Gasteiger partial charge in [0.25, 0.3) is 23.6 Å². The zero-order valence-corrected chi connectivity index (χ0v) is 32.5. The van der Waals surface area contributed by atoms with Crippen LogP contribution in [-0.2, 0) is 30.0 Å². The summed E-state index contributed by atoms with van der Waals surface area (Å²) in [6.07, 6.45) is 15.1. The fourth-order valence-electron chi connectivity index (χ4n) is 10.0. The first-order chi connectivity index (χ1) is 25.5. The van der Waals surface area contributed by atoms with Crippen LogP contribution in [-0.4, -0.2) is 47.5 Å². The molecule has 0 aromatic carbocycles. The monoisotopic (exact) mass is 756 g/mol. The first kappa shape index (κ1) is 34.1. The molecule has 2 fully saturated rings. The van der Waals surface area contributed by atoms with Gasteiger partial charge in [-0.2, -0.15) is 10.5 Å². The molecule has 6 aliphatic rings. The Morgan fingerprint density at radius 2 is 1.13 bits per heavy atom. The standard InChI is InChI=1S/C42H36N4O4S3/c1-21-25(37(47)45(3)39(49)27(21)19-43)15-23-17-29-34(51-23)31-32(41(29)11-7-5-8-12-41)36-33(42(31)13-9-6-10-14-42)35-30(53-36)18-24(52-35)16-26-22(2)28(20-44)40(50)46(4)38(26)48/h15-18H,5-14H2,1-4H3/b25-15+,26-16+. The third kappa shape index (κ3) is 4.48. The van der Waals surface area contributed by atoms with Crippen molar-refractivity contribution in [1.29, 1.82) is 10.5 Å². The first-order valence-electron chi connectivity index (χ1n) is 18.3. The van der Waals surface area contributed by atoms with Gasteiger partial charge in [0.05, 0.1) is 4.70 Å². The summed E-state index contributed by atoms with van der Waals surface area (Å²) in [6, 6.07) is 8.53. The van der Waals surface area contributed by atoms with Gasteiger partial charge in [0, 0.05) is 60.3 Å². The number of likely N-dealkylation sites (N-methyl/N-ethyl adjacent to an activating group) is 2. The van der Waals surface area contributed by atoms with E-state index in [4.69, 9.17) is 0 Å². The summed E-state index contributed by atoms with van der Waals surface area (Å²) in [5.41, 5.74) is 7.28. The van der Waals surface area contributed by atoms with E-state index in [2.05, 4.69) is 12.1 Å². The van der Waals surface area contributed by atoms with Gasteiger partial charge in [-0.25, -0.2) is 0 Å². The van der Waals surface area contributed by atoms with Crippen LogP contribution in [0.3, 0.4) is 0 Å². The van der Waals surface area contributed by atoms with Crippen molar-refractivity contribution in [1.82, 2.24) is 9.80 Å². The van der Waals surface area contributed by atoms with Gasteiger partial charge in [-0.15, -0.1) is 34.0 Å². The van der Waals surface area contributed by atoms with Gasteiger partial charge in [0.15, 0.2) is 0 Å². The van der Waals surface area contributed by atoms with Crippen LogP contribution in [0.4, 0.5) is 0 Å². The van der Waals surface area contributed by atoms with E-state index in [1.807, 2.05) is 35.6 Å². The minimum Gasteiger partial charge on any atom is -0.277 e. The van der Waals surface area contributed by atoms with Crippen LogP contribution in [0.15, 0.2) is 45.6 Å². The summed E-state index contributed by atoms with van der Waals surface area (Å²) in [6.45, 7) is 3.38. The highest BCUT2D eigenvalue weighted by molar-refractivity contribution is 7.29.